The van der Waals surface area contributed by atoms with Gasteiger partial charge in [0.05, 0.1) is 6.20 Å². The van der Waals surface area contributed by atoms with Gasteiger partial charge in [0.2, 0.25) is 5.89 Å². The van der Waals surface area contributed by atoms with Gasteiger partial charge in [0.15, 0.2) is 17.8 Å². The van der Waals surface area contributed by atoms with Crippen LogP contribution in [0.2, 0.25) is 0 Å². The zero-order chi connectivity index (χ0) is 17.1. The van der Waals surface area contributed by atoms with E-state index in [1.54, 1.807) is 6.20 Å². The van der Waals surface area contributed by atoms with Crippen molar-refractivity contribution < 1.29 is 8.83 Å². The lowest BCUT2D eigenvalue weighted by Crippen LogP contribution is -1.92. The number of rotatable bonds is 5. The molecular weight excluding hydrogens is 312 g/mol. The van der Waals surface area contributed by atoms with Crippen LogP contribution in [-0.2, 0) is 12.8 Å². The molecule has 4 aromatic rings. The lowest BCUT2D eigenvalue weighted by Gasteiger charge is -2.00. The van der Waals surface area contributed by atoms with Crippen molar-refractivity contribution in [3.05, 3.63) is 84.1 Å². The second kappa shape index (κ2) is 6.77. The molecule has 2 aromatic heterocycles. The normalized spacial score (nSPS) is 10.9. The van der Waals surface area contributed by atoms with Crippen molar-refractivity contribution in [1.82, 2.24) is 9.97 Å². The van der Waals surface area contributed by atoms with E-state index in [1.807, 2.05) is 30.3 Å². The molecule has 0 amide bonds. The van der Waals surface area contributed by atoms with Crippen LogP contribution >= 0.6 is 0 Å². The number of nitrogens with zero attached hydrogens (tertiary/aromatic N) is 2. The van der Waals surface area contributed by atoms with E-state index >= 15 is 0 Å². The molecule has 0 saturated carbocycles. The van der Waals surface area contributed by atoms with Crippen LogP contribution in [0.25, 0.3) is 22.9 Å². The Morgan fingerprint density at radius 1 is 0.880 bits per heavy atom. The van der Waals surface area contributed by atoms with Crippen molar-refractivity contribution in [2.45, 2.75) is 19.8 Å². The van der Waals surface area contributed by atoms with Crippen molar-refractivity contribution in [1.29, 1.82) is 0 Å². The van der Waals surface area contributed by atoms with E-state index in [9.17, 15) is 0 Å². The monoisotopic (exact) mass is 330 g/mol. The summed E-state index contributed by atoms with van der Waals surface area (Å²) in [5.74, 6) is 2.01. The summed E-state index contributed by atoms with van der Waals surface area (Å²) in [5.41, 5.74) is 4.15. The largest absolute Gasteiger partial charge is 0.448 e. The molecule has 4 rings (SSSR count). The third-order valence-corrected chi connectivity index (χ3v) is 4.17. The molecule has 4 heteroatoms. The molecule has 0 radical (unpaired) electrons. The third-order valence-electron chi connectivity index (χ3n) is 4.17. The highest BCUT2D eigenvalue weighted by molar-refractivity contribution is 5.60. The molecule has 124 valence electrons. The Hall–Kier alpha value is -3.14. The Morgan fingerprint density at radius 3 is 2.48 bits per heavy atom. The number of aryl methyl sites for hydroxylation is 3. The highest BCUT2D eigenvalue weighted by Gasteiger charge is 2.16. The Balaban J connectivity index is 1.55. The fraction of sp³-hybridized carbons (Fsp3) is 0.143. The van der Waals surface area contributed by atoms with Crippen LogP contribution in [0.4, 0.5) is 0 Å². The first-order valence-electron chi connectivity index (χ1n) is 8.29. The van der Waals surface area contributed by atoms with Gasteiger partial charge in [-0.25, -0.2) is 9.97 Å². The summed E-state index contributed by atoms with van der Waals surface area (Å²) in [6.07, 6.45) is 4.82. The second-order valence-electron chi connectivity index (χ2n) is 6.01. The third kappa shape index (κ3) is 3.38. The highest BCUT2D eigenvalue weighted by atomic mass is 16.4. The van der Waals surface area contributed by atoms with Crippen molar-refractivity contribution in [3.63, 3.8) is 0 Å². The van der Waals surface area contributed by atoms with Crippen LogP contribution in [0.1, 0.15) is 16.9 Å². The fourth-order valence-corrected chi connectivity index (χ4v) is 2.76. The van der Waals surface area contributed by atoms with Crippen molar-refractivity contribution in [3.8, 4) is 22.9 Å². The number of oxazole rings is 2. The van der Waals surface area contributed by atoms with Gasteiger partial charge in [0, 0.05) is 12.0 Å². The predicted octanol–water partition coefficient (Wildman–Crippen LogP) is 5.09. The maximum absolute atomic E-state index is 5.91. The quantitative estimate of drug-likeness (QED) is 0.511. The van der Waals surface area contributed by atoms with Crippen LogP contribution in [0, 0.1) is 6.92 Å². The van der Waals surface area contributed by atoms with Crippen LogP contribution < -0.4 is 0 Å². The summed E-state index contributed by atoms with van der Waals surface area (Å²) < 4.78 is 11.5. The van der Waals surface area contributed by atoms with Crippen molar-refractivity contribution >= 4 is 0 Å². The van der Waals surface area contributed by atoms with E-state index in [2.05, 4.69) is 41.2 Å². The number of benzene rings is 2. The molecule has 0 saturated heterocycles. The topological polar surface area (TPSA) is 52.1 Å². The molecule has 0 spiro atoms. The van der Waals surface area contributed by atoms with Gasteiger partial charge in [-0.2, -0.15) is 0 Å². The van der Waals surface area contributed by atoms with Gasteiger partial charge in [-0.15, -0.1) is 0 Å². The number of aromatic nitrogens is 2. The lowest BCUT2D eigenvalue weighted by molar-refractivity contribution is 0.501. The second-order valence-corrected chi connectivity index (χ2v) is 6.01. The average molecular weight is 330 g/mol. The van der Waals surface area contributed by atoms with Gasteiger partial charge in [0.25, 0.3) is 0 Å². The smallest absolute Gasteiger partial charge is 0.249 e. The van der Waals surface area contributed by atoms with E-state index in [0.717, 1.165) is 29.9 Å². The summed E-state index contributed by atoms with van der Waals surface area (Å²) in [6, 6.07) is 18.5. The summed E-state index contributed by atoms with van der Waals surface area (Å²) in [4.78, 5) is 8.68. The molecule has 0 aliphatic rings. The Bertz CT molecular complexity index is 953. The summed E-state index contributed by atoms with van der Waals surface area (Å²) in [6.45, 7) is 2.06. The van der Waals surface area contributed by atoms with E-state index in [1.165, 1.54) is 17.5 Å². The molecule has 2 heterocycles. The summed E-state index contributed by atoms with van der Waals surface area (Å²) in [5, 5.41) is 0. The fourth-order valence-electron chi connectivity index (χ4n) is 2.76. The zero-order valence-electron chi connectivity index (χ0n) is 14.0. The average Bonchev–Trinajstić information content (AvgIpc) is 3.30. The Morgan fingerprint density at radius 2 is 1.68 bits per heavy atom. The molecule has 0 aliphatic carbocycles. The van der Waals surface area contributed by atoms with Crippen LogP contribution in [0.15, 0.2) is 76.0 Å². The van der Waals surface area contributed by atoms with Gasteiger partial charge < -0.3 is 8.83 Å². The van der Waals surface area contributed by atoms with Gasteiger partial charge in [-0.05, 0) is 18.9 Å². The molecule has 0 atom stereocenters. The zero-order valence-corrected chi connectivity index (χ0v) is 14.0. The van der Waals surface area contributed by atoms with Crippen LogP contribution in [-0.4, -0.2) is 9.97 Å². The molecule has 25 heavy (non-hydrogen) atoms. The SMILES string of the molecule is Cc1ccc(-c2cnc(-c3ncoc3CCc3ccccc3)o2)cc1. The minimum Gasteiger partial charge on any atom is -0.448 e. The molecule has 2 aromatic carbocycles. The number of hydrogen-bond donors (Lipinski definition) is 0. The first-order chi connectivity index (χ1) is 12.3. The maximum Gasteiger partial charge on any atom is 0.249 e. The maximum atomic E-state index is 5.91. The van der Waals surface area contributed by atoms with E-state index < -0.39 is 0 Å². The summed E-state index contributed by atoms with van der Waals surface area (Å²) in [7, 11) is 0. The minimum absolute atomic E-state index is 0.493. The van der Waals surface area contributed by atoms with Crippen LogP contribution in [0.3, 0.4) is 0 Å². The molecule has 0 aliphatic heterocycles. The van der Waals surface area contributed by atoms with Crippen molar-refractivity contribution in [2.75, 3.05) is 0 Å². The molecule has 0 unspecified atom stereocenters. The minimum atomic E-state index is 0.493. The van der Waals surface area contributed by atoms with Gasteiger partial charge in [-0.1, -0.05) is 60.2 Å². The molecular formula is C21H18N2O2. The lowest BCUT2D eigenvalue weighted by atomic mass is 10.1. The number of hydrogen-bond acceptors (Lipinski definition) is 4. The standard InChI is InChI=1S/C21H18N2O2/c1-15-7-10-17(11-8-15)19-13-22-21(25-19)20-18(24-14-23-20)12-9-16-5-3-2-4-6-16/h2-8,10-11,13-14H,9,12H2,1H3. The van der Waals surface area contributed by atoms with E-state index in [0.29, 0.717) is 11.6 Å². The highest BCUT2D eigenvalue weighted by Crippen LogP contribution is 2.28. The van der Waals surface area contributed by atoms with E-state index in [-0.39, 0.29) is 0 Å². The predicted molar refractivity (Wildman–Crippen MR) is 96.0 cm³/mol. The molecule has 0 fully saturated rings. The van der Waals surface area contributed by atoms with Crippen LogP contribution in [0.5, 0.6) is 0 Å². The van der Waals surface area contributed by atoms with Gasteiger partial charge in [0.1, 0.15) is 5.76 Å². The first kappa shape index (κ1) is 15.4. The first-order valence-corrected chi connectivity index (χ1v) is 8.29. The molecule has 4 nitrogen and oxygen atoms in total. The Kier molecular flexibility index (Phi) is 4.17. The van der Waals surface area contributed by atoms with Gasteiger partial charge in [-0.3, -0.25) is 0 Å². The van der Waals surface area contributed by atoms with Crippen molar-refractivity contribution in [2.24, 2.45) is 0 Å². The Labute approximate surface area is 146 Å². The van der Waals surface area contributed by atoms with Gasteiger partial charge >= 0.3 is 0 Å². The summed E-state index contributed by atoms with van der Waals surface area (Å²) >= 11 is 0. The molecule has 0 N–H and O–H groups in total. The molecule has 0 bridgehead atoms. The van der Waals surface area contributed by atoms with E-state index in [4.69, 9.17) is 8.83 Å².